The standard InChI is InChI=1S/C16H19N3O2/c1-10(7-17)8-19-12-6-14-13(20-9-21-14)5-11(12)18-15(19)16(2,3)4/h5-6,10H,8-9H2,1-4H3. The largest absolute Gasteiger partial charge is 0.454 e. The molecule has 1 aromatic heterocycles. The Morgan fingerprint density at radius 1 is 1.33 bits per heavy atom. The second-order valence-corrected chi connectivity index (χ2v) is 6.52. The third-order valence-electron chi connectivity index (χ3n) is 3.59. The van der Waals surface area contributed by atoms with Gasteiger partial charge in [-0.2, -0.15) is 5.26 Å². The first-order valence-electron chi connectivity index (χ1n) is 7.10. The Balaban J connectivity index is 2.22. The first-order valence-corrected chi connectivity index (χ1v) is 7.10. The highest BCUT2D eigenvalue weighted by atomic mass is 16.7. The van der Waals surface area contributed by atoms with Gasteiger partial charge in [0.1, 0.15) is 5.82 Å². The molecule has 0 saturated carbocycles. The molecule has 1 aromatic carbocycles. The molecule has 1 aliphatic rings. The van der Waals surface area contributed by atoms with E-state index in [1.54, 1.807) is 0 Å². The number of benzene rings is 1. The first-order chi connectivity index (χ1) is 9.90. The fourth-order valence-corrected chi connectivity index (χ4v) is 2.59. The van der Waals surface area contributed by atoms with E-state index in [2.05, 4.69) is 31.4 Å². The van der Waals surface area contributed by atoms with Crippen LogP contribution in [-0.2, 0) is 12.0 Å². The van der Waals surface area contributed by atoms with E-state index in [0.29, 0.717) is 6.54 Å². The zero-order valence-electron chi connectivity index (χ0n) is 12.8. The first kappa shape index (κ1) is 13.7. The van der Waals surface area contributed by atoms with Crippen molar-refractivity contribution in [1.82, 2.24) is 9.55 Å². The lowest BCUT2D eigenvalue weighted by Crippen LogP contribution is -2.20. The second-order valence-electron chi connectivity index (χ2n) is 6.52. The van der Waals surface area contributed by atoms with Crippen LogP contribution < -0.4 is 9.47 Å². The summed E-state index contributed by atoms with van der Waals surface area (Å²) >= 11 is 0. The monoisotopic (exact) mass is 285 g/mol. The average Bonchev–Trinajstić information content (AvgIpc) is 3.00. The third kappa shape index (κ3) is 2.31. The van der Waals surface area contributed by atoms with Crippen molar-refractivity contribution < 1.29 is 9.47 Å². The Morgan fingerprint density at radius 2 is 2.00 bits per heavy atom. The summed E-state index contributed by atoms with van der Waals surface area (Å²) in [5.41, 5.74) is 1.78. The van der Waals surface area contributed by atoms with Gasteiger partial charge in [0.2, 0.25) is 6.79 Å². The van der Waals surface area contributed by atoms with Crippen LogP contribution in [0.2, 0.25) is 0 Å². The molecule has 110 valence electrons. The molecule has 21 heavy (non-hydrogen) atoms. The smallest absolute Gasteiger partial charge is 0.231 e. The van der Waals surface area contributed by atoms with Crippen molar-refractivity contribution in [3.63, 3.8) is 0 Å². The van der Waals surface area contributed by atoms with Crippen LogP contribution in [0.5, 0.6) is 11.5 Å². The number of hydrogen-bond donors (Lipinski definition) is 0. The van der Waals surface area contributed by atoms with Gasteiger partial charge in [0.05, 0.1) is 23.0 Å². The van der Waals surface area contributed by atoms with Crippen LogP contribution in [-0.4, -0.2) is 16.3 Å². The maximum absolute atomic E-state index is 9.13. The quantitative estimate of drug-likeness (QED) is 0.850. The predicted octanol–water partition coefficient (Wildman–Crippen LogP) is 3.22. The summed E-state index contributed by atoms with van der Waals surface area (Å²) in [6.45, 7) is 9.18. The number of hydrogen-bond acceptors (Lipinski definition) is 4. The number of rotatable bonds is 2. The molecule has 0 radical (unpaired) electrons. The minimum atomic E-state index is -0.0969. The molecule has 0 bridgehead atoms. The van der Waals surface area contributed by atoms with Crippen molar-refractivity contribution in [2.75, 3.05) is 6.79 Å². The number of imidazole rings is 1. The SMILES string of the molecule is CC(C#N)Cn1c(C(C)(C)C)nc2cc3c(cc21)OCO3. The van der Waals surface area contributed by atoms with Crippen molar-refractivity contribution in [1.29, 1.82) is 5.26 Å². The Bertz CT molecular complexity index is 735. The summed E-state index contributed by atoms with van der Waals surface area (Å²) < 4.78 is 13.0. The molecule has 0 spiro atoms. The van der Waals surface area contributed by atoms with E-state index >= 15 is 0 Å². The van der Waals surface area contributed by atoms with Crippen molar-refractivity contribution in [2.24, 2.45) is 5.92 Å². The van der Waals surface area contributed by atoms with Gasteiger partial charge in [-0.25, -0.2) is 4.98 Å². The lowest BCUT2D eigenvalue weighted by atomic mass is 9.95. The van der Waals surface area contributed by atoms with Gasteiger partial charge in [0.15, 0.2) is 11.5 Å². The van der Waals surface area contributed by atoms with Gasteiger partial charge in [0, 0.05) is 24.1 Å². The van der Waals surface area contributed by atoms with Crippen LogP contribution in [0.1, 0.15) is 33.5 Å². The number of ether oxygens (including phenoxy) is 2. The van der Waals surface area contributed by atoms with Gasteiger partial charge in [-0.1, -0.05) is 20.8 Å². The lowest BCUT2D eigenvalue weighted by Gasteiger charge is -2.20. The third-order valence-corrected chi connectivity index (χ3v) is 3.59. The van der Waals surface area contributed by atoms with Crippen LogP contribution in [0.4, 0.5) is 0 Å². The topological polar surface area (TPSA) is 60.1 Å². The van der Waals surface area contributed by atoms with Crippen LogP contribution in [0.3, 0.4) is 0 Å². The van der Waals surface area contributed by atoms with E-state index in [4.69, 9.17) is 19.7 Å². The van der Waals surface area contributed by atoms with Crippen molar-refractivity contribution >= 4 is 11.0 Å². The highest BCUT2D eigenvalue weighted by Crippen LogP contribution is 2.37. The second kappa shape index (κ2) is 4.66. The maximum atomic E-state index is 9.13. The van der Waals surface area contributed by atoms with E-state index in [1.165, 1.54) is 0 Å². The molecule has 1 unspecified atom stereocenters. The fraction of sp³-hybridized carbons (Fsp3) is 0.500. The number of nitriles is 1. The minimum absolute atomic E-state index is 0.0751. The zero-order chi connectivity index (χ0) is 15.2. The highest BCUT2D eigenvalue weighted by Gasteiger charge is 2.26. The highest BCUT2D eigenvalue weighted by molar-refractivity contribution is 5.81. The molecule has 0 aliphatic carbocycles. The normalized spacial score (nSPS) is 15.2. The summed E-state index contributed by atoms with van der Waals surface area (Å²) in [4.78, 5) is 4.77. The van der Waals surface area contributed by atoms with Crippen LogP contribution in [0, 0.1) is 17.2 Å². The van der Waals surface area contributed by atoms with Crippen molar-refractivity contribution in [2.45, 2.75) is 39.7 Å². The van der Waals surface area contributed by atoms with Gasteiger partial charge < -0.3 is 14.0 Å². The molecular weight excluding hydrogens is 266 g/mol. The zero-order valence-corrected chi connectivity index (χ0v) is 12.8. The molecule has 2 aromatic rings. The van der Waals surface area contributed by atoms with Crippen molar-refractivity contribution in [3.8, 4) is 17.6 Å². The summed E-state index contributed by atoms with van der Waals surface area (Å²) in [6.07, 6.45) is 0. The van der Waals surface area contributed by atoms with E-state index in [0.717, 1.165) is 28.4 Å². The van der Waals surface area contributed by atoms with Crippen LogP contribution in [0.25, 0.3) is 11.0 Å². The van der Waals surface area contributed by atoms with Crippen LogP contribution >= 0.6 is 0 Å². The molecule has 2 heterocycles. The number of aromatic nitrogens is 2. The van der Waals surface area contributed by atoms with Gasteiger partial charge in [-0.3, -0.25) is 0 Å². The van der Waals surface area contributed by atoms with E-state index in [1.807, 2.05) is 19.1 Å². The van der Waals surface area contributed by atoms with Gasteiger partial charge in [-0.15, -0.1) is 0 Å². The molecular formula is C16H19N3O2. The molecule has 0 saturated heterocycles. The Kier molecular flexibility index (Phi) is 3.05. The average molecular weight is 285 g/mol. The minimum Gasteiger partial charge on any atom is -0.454 e. The maximum Gasteiger partial charge on any atom is 0.231 e. The molecule has 5 nitrogen and oxygen atoms in total. The summed E-state index contributed by atoms with van der Waals surface area (Å²) in [6, 6.07) is 6.17. The van der Waals surface area contributed by atoms with Gasteiger partial charge >= 0.3 is 0 Å². The molecule has 0 fully saturated rings. The van der Waals surface area contributed by atoms with E-state index < -0.39 is 0 Å². The molecule has 0 amide bonds. The Morgan fingerprint density at radius 3 is 2.62 bits per heavy atom. The van der Waals surface area contributed by atoms with Gasteiger partial charge in [0.25, 0.3) is 0 Å². The Hall–Kier alpha value is -2.22. The Labute approximate surface area is 124 Å². The number of nitrogens with zero attached hydrogens (tertiary/aromatic N) is 3. The summed E-state index contributed by atoms with van der Waals surface area (Å²) in [5, 5.41) is 9.13. The van der Waals surface area contributed by atoms with E-state index in [9.17, 15) is 0 Å². The van der Waals surface area contributed by atoms with Crippen LogP contribution in [0.15, 0.2) is 12.1 Å². The fourth-order valence-electron chi connectivity index (χ4n) is 2.59. The molecule has 1 aliphatic heterocycles. The predicted molar refractivity (Wildman–Crippen MR) is 79.3 cm³/mol. The van der Waals surface area contributed by atoms with E-state index in [-0.39, 0.29) is 18.1 Å². The molecule has 5 heteroatoms. The lowest BCUT2D eigenvalue weighted by molar-refractivity contribution is 0.174. The van der Waals surface area contributed by atoms with Gasteiger partial charge in [-0.05, 0) is 6.92 Å². The van der Waals surface area contributed by atoms with Crippen molar-refractivity contribution in [3.05, 3.63) is 18.0 Å². The number of fused-ring (bicyclic) bond motifs is 2. The molecule has 0 N–H and O–H groups in total. The molecule has 3 rings (SSSR count). The summed E-state index contributed by atoms with van der Waals surface area (Å²) in [5.74, 6) is 2.38. The summed E-state index contributed by atoms with van der Waals surface area (Å²) in [7, 11) is 0. The molecule has 1 atom stereocenters.